The monoisotopic (exact) mass is 382 g/mol. The number of hydrogen-bond donors (Lipinski definition) is 0. The van der Waals surface area contributed by atoms with Gasteiger partial charge in [-0.1, -0.05) is 72.1 Å². The van der Waals surface area contributed by atoms with Crippen LogP contribution in [0.1, 0.15) is 104 Å². The molecule has 0 aromatic carbocycles. The number of unbranched alkanes of at least 4 members (excludes halogenated alkanes) is 7. The highest BCUT2D eigenvalue weighted by atomic mass is 16.5. The van der Waals surface area contributed by atoms with Crippen molar-refractivity contribution >= 4 is 11.9 Å². The Labute approximate surface area is 166 Å². The molecule has 0 aromatic rings. The third-order valence-corrected chi connectivity index (χ3v) is 5.52. The van der Waals surface area contributed by atoms with Gasteiger partial charge < -0.3 is 9.47 Å². The number of esters is 2. The van der Waals surface area contributed by atoms with Gasteiger partial charge in [0.1, 0.15) is 0 Å². The fourth-order valence-electron chi connectivity index (χ4n) is 3.66. The second-order valence-corrected chi connectivity index (χ2v) is 8.55. The molecule has 0 saturated heterocycles. The Bertz CT molecular complexity index is 405. The summed E-state index contributed by atoms with van der Waals surface area (Å²) in [5, 5.41) is 0. The van der Waals surface area contributed by atoms with E-state index in [4.69, 9.17) is 9.47 Å². The molecule has 2 unspecified atom stereocenters. The van der Waals surface area contributed by atoms with Gasteiger partial charge in [0.05, 0.1) is 25.0 Å². The Hall–Kier alpha value is -1.06. The van der Waals surface area contributed by atoms with Crippen LogP contribution < -0.4 is 0 Å². The summed E-state index contributed by atoms with van der Waals surface area (Å²) in [6.07, 6.45) is 14.0. The number of carbonyl (C=O) groups excluding carboxylic acids is 2. The lowest BCUT2D eigenvalue weighted by molar-refractivity contribution is -0.155. The van der Waals surface area contributed by atoms with E-state index >= 15 is 0 Å². The predicted molar refractivity (Wildman–Crippen MR) is 109 cm³/mol. The van der Waals surface area contributed by atoms with Crippen LogP contribution in [0, 0.1) is 17.8 Å². The van der Waals surface area contributed by atoms with Crippen LogP contribution in [0.15, 0.2) is 0 Å². The van der Waals surface area contributed by atoms with Crippen molar-refractivity contribution in [3.63, 3.8) is 0 Å². The average Bonchev–Trinajstić information content (AvgIpc) is 2.66. The van der Waals surface area contributed by atoms with E-state index in [0.29, 0.717) is 25.6 Å². The van der Waals surface area contributed by atoms with Crippen molar-refractivity contribution in [1.82, 2.24) is 0 Å². The molecule has 0 amide bonds. The highest BCUT2D eigenvalue weighted by Crippen LogP contribution is 2.31. The van der Waals surface area contributed by atoms with E-state index in [-0.39, 0.29) is 23.8 Å². The van der Waals surface area contributed by atoms with Gasteiger partial charge in [0, 0.05) is 0 Å². The van der Waals surface area contributed by atoms with Crippen LogP contribution in [0.4, 0.5) is 0 Å². The molecule has 2 atom stereocenters. The van der Waals surface area contributed by atoms with Crippen molar-refractivity contribution in [3.05, 3.63) is 0 Å². The molecule has 158 valence electrons. The molecule has 4 heteroatoms. The van der Waals surface area contributed by atoms with E-state index < -0.39 is 0 Å². The standard InChI is InChI=1S/C23H42O4/c1-4-5-6-7-8-9-10-11-16-26-22(24)20-13-12-14-21(18-20)23(25)27-17-15-19(2)3/h19-21H,4-18H2,1-3H3. The van der Waals surface area contributed by atoms with E-state index in [1.165, 1.54) is 38.5 Å². The normalized spacial score (nSPS) is 19.9. The number of ether oxygens (including phenoxy) is 2. The zero-order chi connectivity index (χ0) is 19.9. The topological polar surface area (TPSA) is 52.6 Å². The summed E-state index contributed by atoms with van der Waals surface area (Å²) in [5.74, 6) is 0.0269. The highest BCUT2D eigenvalue weighted by Gasteiger charge is 2.32. The minimum atomic E-state index is -0.133. The van der Waals surface area contributed by atoms with Gasteiger partial charge in [-0.15, -0.1) is 0 Å². The molecule has 0 radical (unpaired) electrons. The first-order valence-corrected chi connectivity index (χ1v) is 11.4. The Morgan fingerprint density at radius 2 is 1.33 bits per heavy atom. The Kier molecular flexibility index (Phi) is 13.3. The highest BCUT2D eigenvalue weighted by molar-refractivity contribution is 5.76. The third-order valence-electron chi connectivity index (χ3n) is 5.52. The van der Waals surface area contributed by atoms with Crippen molar-refractivity contribution in [2.75, 3.05) is 13.2 Å². The van der Waals surface area contributed by atoms with Crippen molar-refractivity contribution in [2.45, 2.75) is 104 Å². The maximum atomic E-state index is 12.3. The van der Waals surface area contributed by atoms with E-state index in [0.717, 1.165) is 38.5 Å². The van der Waals surface area contributed by atoms with Crippen molar-refractivity contribution in [2.24, 2.45) is 17.8 Å². The summed E-state index contributed by atoms with van der Waals surface area (Å²) < 4.78 is 10.9. The summed E-state index contributed by atoms with van der Waals surface area (Å²) in [6.45, 7) is 7.48. The molecule has 1 aliphatic carbocycles. The average molecular weight is 383 g/mol. The van der Waals surface area contributed by atoms with Gasteiger partial charge >= 0.3 is 11.9 Å². The van der Waals surface area contributed by atoms with Crippen LogP contribution in [0.5, 0.6) is 0 Å². The second-order valence-electron chi connectivity index (χ2n) is 8.55. The predicted octanol–water partition coefficient (Wildman–Crippen LogP) is 6.07. The first kappa shape index (κ1) is 24.0. The largest absolute Gasteiger partial charge is 0.465 e. The summed E-state index contributed by atoms with van der Waals surface area (Å²) >= 11 is 0. The molecule has 0 bridgehead atoms. The molecule has 0 aromatic heterocycles. The molecule has 0 heterocycles. The van der Waals surface area contributed by atoms with E-state index in [2.05, 4.69) is 20.8 Å². The summed E-state index contributed by atoms with van der Waals surface area (Å²) in [5.41, 5.74) is 0. The van der Waals surface area contributed by atoms with Gasteiger partial charge in [0.15, 0.2) is 0 Å². The molecule has 4 nitrogen and oxygen atoms in total. The Morgan fingerprint density at radius 3 is 1.89 bits per heavy atom. The molecular formula is C23H42O4. The Morgan fingerprint density at radius 1 is 0.815 bits per heavy atom. The van der Waals surface area contributed by atoms with Gasteiger partial charge in [-0.2, -0.15) is 0 Å². The van der Waals surface area contributed by atoms with E-state index in [1.807, 2.05) is 0 Å². The summed E-state index contributed by atoms with van der Waals surface area (Å²) in [4.78, 5) is 24.5. The number of rotatable bonds is 14. The fourth-order valence-corrected chi connectivity index (χ4v) is 3.66. The zero-order valence-electron chi connectivity index (χ0n) is 18.0. The maximum Gasteiger partial charge on any atom is 0.308 e. The molecule has 0 N–H and O–H groups in total. The van der Waals surface area contributed by atoms with Gasteiger partial charge in [-0.05, 0) is 38.0 Å². The molecule has 27 heavy (non-hydrogen) atoms. The molecule has 1 aliphatic rings. The minimum Gasteiger partial charge on any atom is -0.465 e. The van der Waals surface area contributed by atoms with Crippen molar-refractivity contribution < 1.29 is 19.1 Å². The van der Waals surface area contributed by atoms with E-state index in [1.54, 1.807) is 0 Å². The van der Waals surface area contributed by atoms with Gasteiger partial charge in [-0.3, -0.25) is 9.59 Å². The molecular weight excluding hydrogens is 340 g/mol. The van der Waals surface area contributed by atoms with Crippen LogP contribution in [0.25, 0.3) is 0 Å². The molecule has 1 rings (SSSR count). The summed E-state index contributed by atoms with van der Waals surface area (Å²) in [7, 11) is 0. The number of carbonyl (C=O) groups is 2. The van der Waals surface area contributed by atoms with Crippen molar-refractivity contribution in [3.8, 4) is 0 Å². The lowest BCUT2D eigenvalue weighted by Gasteiger charge is -2.26. The van der Waals surface area contributed by atoms with Gasteiger partial charge in [0.25, 0.3) is 0 Å². The zero-order valence-corrected chi connectivity index (χ0v) is 18.0. The van der Waals surface area contributed by atoms with Gasteiger partial charge in [0.2, 0.25) is 0 Å². The molecule has 1 fully saturated rings. The maximum absolute atomic E-state index is 12.3. The number of hydrogen-bond acceptors (Lipinski definition) is 4. The first-order valence-electron chi connectivity index (χ1n) is 11.4. The van der Waals surface area contributed by atoms with Crippen LogP contribution in [0.3, 0.4) is 0 Å². The SMILES string of the molecule is CCCCCCCCCCOC(=O)C1CCCC(C(=O)OCCC(C)C)C1. The second kappa shape index (κ2) is 14.9. The van der Waals surface area contributed by atoms with Crippen molar-refractivity contribution in [1.29, 1.82) is 0 Å². The lowest BCUT2D eigenvalue weighted by atomic mass is 9.81. The third kappa shape index (κ3) is 11.4. The van der Waals surface area contributed by atoms with E-state index in [9.17, 15) is 9.59 Å². The molecule has 0 spiro atoms. The quantitative estimate of drug-likeness (QED) is 0.270. The van der Waals surface area contributed by atoms with Gasteiger partial charge in [-0.25, -0.2) is 0 Å². The molecule has 0 aliphatic heterocycles. The van der Waals surface area contributed by atoms with Crippen LogP contribution in [0.2, 0.25) is 0 Å². The first-order chi connectivity index (χ1) is 13.0. The fraction of sp³-hybridized carbons (Fsp3) is 0.913. The minimum absolute atomic E-state index is 0.113. The van der Waals surface area contributed by atoms with Crippen LogP contribution >= 0.6 is 0 Å². The van der Waals surface area contributed by atoms with Crippen LogP contribution in [-0.4, -0.2) is 25.2 Å². The smallest absolute Gasteiger partial charge is 0.308 e. The molecule has 1 saturated carbocycles. The summed E-state index contributed by atoms with van der Waals surface area (Å²) in [6, 6.07) is 0. The lowest BCUT2D eigenvalue weighted by Crippen LogP contribution is -2.30. The van der Waals surface area contributed by atoms with Crippen LogP contribution in [-0.2, 0) is 19.1 Å². The Balaban J connectivity index is 2.13.